The fourth-order valence-electron chi connectivity index (χ4n) is 1.69. The Balaban J connectivity index is 2.73. The summed E-state index contributed by atoms with van der Waals surface area (Å²) >= 11 is 0. The maximum Gasteiger partial charge on any atom is 0.176 e. The van der Waals surface area contributed by atoms with Crippen LogP contribution in [-0.2, 0) is 0 Å². The highest BCUT2D eigenvalue weighted by molar-refractivity contribution is 5.97. The number of ether oxygens (including phenoxy) is 1. The number of carbonyl (C=O) groups is 1. The van der Waals surface area contributed by atoms with Crippen LogP contribution >= 0.6 is 0 Å². The van der Waals surface area contributed by atoms with Gasteiger partial charge < -0.3 is 14.9 Å². The third kappa shape index (κ3) is 4.59. The summed E-state index contributed by atoms with van der Waals surface area (Å²) in [5, 5.41) is 17.7. The summed E-state index contributed by atoms with van der Waals surface area (Å²) < 4.78 is 18.2. The highest BCUT2D eigenvalue weighted by Crippen LogP contribution is 2.18. The summed E-state index contributed by atoms with van der Waals surface area (Å²) in [5.41, 5.74) is 0.235. The van der Waals surface area contributed by atoms with Gasteiger partial charge in [0, 0.05) is 18.7 Å². The highest BCUT2D eigenvalue weighted by atomic mass is 19.1. The lowest BCUT2D eigenvalue weighted by atomic mass is 10.1. The first-order valence-electron chi connectivity index (χ1n) is 5.93. The van der Waals surface area contributed by atoms with Crippen LogP contribution in [-0.4, -0.2) is 60.9 Å². The number of methoxy groups -OCH3 is 1. The van der Waals surface area contributed by atoms with Gasteiger partial charge in [0.25, 0.3) is 0 Å². The van der Waals surface area contributed by atoms with Crippen molar-refractivity contribution in [2.75, 3.05) is 40.0 Å². The molecule has 0 atom stereocenters. The van der Waals surface area contributed by atoms with Gasteiger partial charge in [-0.2, -0.15) is 0 Å². The van der Waals surface area contributed by atoms with Crippen molar-refractivity contribution in [3.05, 3.63) is 29.6 Å². The highest BCUT2D eigenvalue weighted by Gasteiger charge is 2.14. The van der Waals surface area contributed by atoms with Gasteiger partial charge >= 0.3 is 0 Å². The number of rotatable bonds is 8. The standard InChI is InChI=1S/C13H18FNO4/c1-19-13-3-2-10(8-11(13)14)12(18)9-15(4-6-16)5-7-17/h2-3,8,16-17H,4-7,9H2,1H3. The van der Waals surface area contributed by atoms with Crippen LogP contribution in [0.5, 0.6) is 5.75 Å². The first-order chi connectivity index (χ1) is 9.12. The number of hydrogen-bond donors (Lipinski definition) is 2. The molecule has 19 heavy (non-hydrogen) atoms. The third-order valence-corrected chi connectivity index (χ3v) is 2.67. The number of nitrogens with zero attached hydrogens (tertiary/aromatic N) is 1. The van der Waals surface area contributed by atoms with Crippen molar-refractivity contribution >= 4 is 5.78 Å². The zero-order chi connectivity index (χ0) is 14.3. The Morgan fingerprint density at radius 1 is 1.32 bits per heavy atom. The molecule has 0 fully saturated rings. The van der Waals surface area contributed by atoms with Crippen molar-refractivity contribution < 1.29 is 24.1 Å². The zero-order valence-electron chi connectivity index (χ0n) is 10.8. The van der Waals surface area contributed by atoms with Gasteiger partial charge in [0.1, 0.15) is 0 Å². The van der Waals surface area contributed by atoms with Crippen LogP contribution in [0, 0.1) is 5.82 Å². The van der Waals surface area contributed by atoms with E-state index in [0.717, 1.165) is 6.07 Å². The van der Waals surface area contributed by atoms with Gasteiger partial charge in [0.15, 0.2) is 17.3 Å². The van der Waals surface area contributed by atoms with Crippen LogP contribution in [0.25, 0.3) is 0 Å². The van der Waals surface area contributed by atoms with E-state index in [9.17, 15) is 9.18 Å². The molecule has 0 aliphatic heterocycles. The minimum absolute atomic E-state index is 0.0207. The molecule has 2 N–H and O–H groups in total. The molecule has 0 unspecified atom stereocenters. The number of aliphatic hydroxyl groups is 2. The number of halogens is 1. The number of hydrogen-bond acceptors (Lipinski definition) is 5. The Hall–Kier alpha value is -1.50. The molecule has 0 aromatic heterocycles. The van der Waals surface area contributed by atoms with Crippen molar-refractivity contribution in [1.29, 1.82) is 0 Å². The van der Waals surface area contributed by atoms with Gasteiger partial charge in [-0.15, -0.1) is 0 Å². The van der Waals surface area contributed by atoms with Crippen LogP contribution in [0.1, 0.15) is 10.4 Å². The van der Waals surface area contributed by atoms with E-state index in [0.29, 0.717) is 0 Å². The van der Waals surface area contributed by atoms with Crippen LogP contribution in [0.2, 0.25) is 0 Å². The van der Waals surface area contributed by atoms with E-state index in [2.05, 4.69) is 0 Å². The summed E-state index contributed by atoms with van der Waals surface area (Å²) in [6.07, 6.45) is 0. The Labute approximate surface area is 111 Å². The summed E-state index contributed by atoms with van der Waals surface area (Å²) in [4.78, 5) is 13.5. The van der Waals surface area contributed by atoms with Crippen molar-refractivity contribution in [3.8, 4) is 5.75 Å². The molecule has 0 saturated carbocycles. The topological polar surface area (TPSA) is 70.0 Å². The number of carbonyl (C=O) groups excluding carboxylic acids is 1. The molecule has 1 rings (SSSR count). The second-order valence-corrected chi connectivity index (χ2v) is 4.00. The fourth-order valence-corrected chi connectivity index (χ4v) is 1.69. The maximum absolute atomic E-state index is 13.5. The predicted molar refractivity (Wildman–Crippen MR) is 67.9 cm³/mol. The molecule has 0 bridgehead atoms. The quantitative estimate of drug-likeness (QED) is 0.666. The van der Waals surface area contributed by atoms with Gasteiger partial charge in [-0.05, 0) is 18.2 Å². The average molecular weight is 271 g/mol. The lowest BCUT2D eigenvalue weighted by molar-refractivity contribution is 0.0893. The maximum atomic E-state index is 13.5. The number of Topliss-reactive ketones (excluding diaryl/α,β-unsaturated/α-hetero) is 1. The minimum Gasteiger partial charge on any atom is -0.494 e. The van der Waals surface area contributed by atoms with E-state index in [1.54, 1.807) is 4.90 Å². The summed E-state index contributed by atoms with van der Waals surface area (Å²) in [6.45, 7) is 0.372. The van der Waals surface area contributed by atoms with E-state index in [1.165, 1.54) is 19.2 Å². The van der Waals surface area contributed by atoms with Crippen LogP contribution in [0.4, 0.5) is 4.39 Å². The van der Waals surface area contributed by atoms with Crippen molar-refractivity contribution in [1.82, 2.24) is 4.90 Å². The molecule has 0 aliphatic carbocycles. The Morgan fingerprint density at radius 2 is 1.95 bits per heavy atom. The van der Waals surface area contributed by atoms with E-state index in [-0.39, 0.29) is 49.9 Å². The molecule has 0 radical (unpaired) electrons. The van der Waals surface area contributed by atoms with E-state index >= 15 is 0 Å². The smallest absolute Gasteiger partial charge is 0.176 e. The molecule has 0 spiro atoms. The number of ketones is 1. The lowest BCUT2D eigenvalue weighted by Crippen LogP contribution is -2.34. The van der Waals surface area contributed by atoms with Crippen LogP contribution in [0.15, 0.2) is 18.2 Å². The molecule has 0 aliphatic rings. The van der Waals surface area contributed by atoms with Gasteiger partial charge in [0.2, 0.25) is 0 Å². The lowest BCUT2D eigenvalue weighted by Gasteiger charge is -2.19. The molecular formula is C13H18FNO4. The fraction of sp³-hybridized carbons (Fsp3) is 0.462. The second kappa shape index (κ2) is 7.83. The molecular weight excluding hydrogens is 253 g/mol. The zero-order valence-corrected chi connectivity index (χ0v) is 10.8. The van der Waals surface area contributed by atoms with E-state index < -0.39 is 5.82 Å². The number of aliphatic hydroxyl groups excluding tert-OH is 2. The SMILES string of the molecule is COc1ccc(C(=O)CN(CCO)CCO)cc1F. The molecule has 6 heteroatoms. The van der Waals surface area contributed by atoms with Gasteiger partial charge in [-0.25, -0.2) is 4.39 Å². The van der Waals surface area contributed by atoms with Gasteiger partial charge in [0.05, 0.1) is 26.9 Å². The van der Waals surface area contributed by atoms with Crippen molar-refractivity contribution in [2.45, 2.75) is 0 Å². The third-order valence-electron chi connectivity index (χ3n) is 2.67. The Kier molecular flexibility index (Phi) is 6.41. The minimum atomic E-state index is -0.593. The molecule has 0 amide bonds. The van der Waals surface area contributed by atoms with E-state index in [4.69, 9.17) is 14.9 Å². The molecule has 106 valence electrons. The average Bonchev–Trinajstić information content (AvgIpc) is 2.39. The first-order valence-corrected chi connectivity index (χ1v) is 5.93. The molecule has 1 aromatic carbocycles. The van der Waals surface area contributed by atoms with Gasteiger partial charge in [-0.3, -0.25) is 9.69 Å². The molecule has 0 saturated heterocycles. The van der Waals surface area contributed by atoms with Gasteiger partial charge in [-0.1, -0.05) is 0 Å². The molecule has 1 aromatic rings. The number of benzene rings is 1. The first kappa shape index (κ1) is 15.6. The van der Waals surface area contributed by atoms with Crippen molar-refractivity contribution in [2.24, 2.45) is 0 Å². The molecule has 0 heterocycles. The Bertz CT molecular complexity index is 419. The normalized spacial score (nSPS) is 10.8. The summed E-state index contributed by atoms with van der Waals surface area (Å²) in [5.74, 6) is -0.785. The monoisotopic (exact) mass is 271 g/mol. The molecule has 5 nitrogen and oxygen atoms in total. The largest absolute Gasteiger partial charge is 0.494 e. The second-order valence-electron chi connectivity index (χ2n) is 4.00. The summed E-state index contributed by atoms with van der Waals surface area (Å²) in [6, 6.07) is 4.00. The summed E-state index contributed by atoms with van der Waals surface area (Å²) in [7, 11) is 1.35. The van der Waals surface area contributed by atoms with Crippen LogP contribution < -0.4 is 4.74 Å². The van der Waals surface area contributed by atoms with Crippen molar-refractivity contribution in [3.63, 3.8) is 0 Å². The Morgan fingerprint density at radius 3 is 2.42 bits per heavy atom. The van der Waals surface area contributed by atoms with Crippen LogP contribution in [0.3, 0.4) is 0 Å². The van der Waals surface area contributed by atoms with E-state index in [1.807, 2.05) is 0 Å². The predicted octanol–water partition coefficient (Wildman–Crippen LogP) is 0.304.